The third-order valence-corrected chi connectivity index (χ3v) is 2.92. The number of carbonyl (C=O) groups is 1. The van der Waals surface area contributed by atoms with E-state index in [4.69, 9.17) is 5.11 Å². The highest BCUT2D eigenvalue weighted by Crippen LogP contribution is 2.09. The normalized spacial score (nSPS) is 24.9. The fourth-order valence-electron chi connectivity index (χ4n) is 1.99. The van der Waals surface area contributed by atoms with Gasteiger partial charge < -0.3 is 15.7 Å². The summed E-state index contributed by atoms with van der Waals surface area (Å²) in [5.74, 6) is -0.596. The Morgan fingerprint density at radius 1 is 1.40 bits per heavy atom. The van der Waals surface area contributed by atoms with Gasteiger partial charge in [-0.05, 0) is 38.3 Å². The first-order chi connectivity index (χ1) is 7.11. The number of aliphatic carboxylic acids is 1. The Morgan fingerprint density at radius 2 is 2.13 bits per heavy atom. The summed E-state index contributed by atoms with van der Waals surface area (Å²) in [4.78, 5) is 11.0. The van der Waals surface area contributed by atoms with Crippen molar-refractivity contribution < 1.29 is 9.90 Å². The molecule has 2 atom stereocenters. The predicted molar refractivity (Wildman–Crippen MR) is 59.9 cm³/mol. The first kappa shape index (κ1) is 12.5. The number of rotatable bonds is 4. The van der Waals surface area contributed by atoms with Crippen LogP contribution in [0.15, 0.2) is 0 Å². The molecule has 0 bridgehead atoms. The second-order valence-corrected chi connectivity index (χ2v) is 4.60. The minimum absolute atomic E-state index is 0.138. The summed E-state index contributed by atoms with van der Waals surface area (Å²) < 4.78 is 0. The lowest BCUT2D eigenvalue weighted by atomic mass is 10.0. The van der Waals surface area contributed by atoms with Crippen LogP contribution in [-0.2, 0) is 4.79 Å². The monoisotopic (exact) mass is 214 g/mol. The fourth-order valence-corrected chi connectivity index (χ4v) is 1.99. The van der Waals surface area contributed by atoms with Gasteiger partial charge in [0.05, 0.1) is 0 Å². The average Bonchev–Trinajstić information content (AvgIpc) is 2.41. The zero-order valence-electron chi connectivity index (χ0n) is 9.62. The summed E-state index contributed by atoms with van der Waals surface area (Å²) in [6, 6.07) is -0.0587. The van der Waals surface area contributed by atoms with Crippen molar-refractivity contribution in [2.75, 3.05) is 13.1 Å². The summed E-state index contributed by atoms with van der Waals surface area (Å²) >= 11 is 0. The van der Waals surface area contributed by atoms with Crippen LogP contribution in [0.25, 0.3) is 0 Å². The Balaban J connectivity index is 2.45. The summed E-state index contributed by atoms with van der Waals surface area (Å²) in [6.45, 7) is 5.93. The maximum Gasteiger partial charge on any atom is 0.320 e. The molecule has 1 fully saturated rings. The van der Waals surface area contributed by atoms with E-state index in [0.29, 0.717) is 6.04 Å². The van der Waals surface area contributed by atoms with Gasteiger partial charge in [-0.1, -0.05) is 13.8 Å². The molecule has 0 radical (unpaired) electrons. The first-order valence-electron chi connectivity index (χ1n) is 5.81. The van der Waals surface area contributed by atoms with Gasteiger partial charge >= 0.3 is 5.97 Å². The van der Waals surface area contributed by atoms with Crippen molar-refractivity contribution in [2.24, 2.45) is 5.92 Å². The van der Waals surface area contributed by atoms with Crippen LogP contribution in [0.1, 0.15) is 33.1 Å². The van der Waals surface area contributed by atoms with Crippen molar-refractivity contribution in [3.63, 3.8) is 0 Å². The topological polar surface area (TPSA) is 61.4 Å². The first-order valence-corrected chi connectivity index (χ1v) is 5.81. The van der Waals surface area contributed by atoms with Crippen LogP contribution in [0.3, 0.4) is 0 Å². The van der Waals surface area contributed by atoms with Gasteiger partial charge in [0.25, 0.3) is 0 Å². The predicted octanol–water partition coefficient (Wildman–Crippen LogP) is 0.827. The average molecular weight is 214 g/mol. The molecule has 4 heteroatoms. The Bertz CT molecular complexity index is 199. The van der Waals surface area contributed by atoms with E-state index in [0.717, 1.165) is 32.4 Å². The molecule has 2 unspecified atom stereocenters. The van der Waals surface area contributed by atoms with Gasteiger partial charge in [0.2, 0.25) is 0 Å². The van der Waals surface area contributed by atoms with Crippen LogP contribution in [0, 0.1) is 5.92 Å². The Kier molecular flexibility index (Phi) is 5.05. The molecule has 15 heavy (non-hydrogen) atoms. The lowest BCUT2D eigenvalue weighted by molar-refractivity contribution is -0.140. The molecule has 0 spiro atoms. The van der Waals surface area contributed by atoms with Crippen LogP contribution in [0.2, 0.25) is 0 Å². The second kappa shape index (κ2) is 6.08. The summed E-state index contributed by atoms with van der Waals surface area (Å²) in [5, 5.41) is 15.6. The number of nitrogens with one attached hydrogen (secondary N) is 2. The molecule has 88 valence electrons. The molecule has 1 aliphatic heterocycles. The van der Waals surface area contributed by atoms with Gasteiger partial charge in [-0.3, -0.25) is 4.79 Å². The Labute approximate surface area is 91.4 Å². The fraction of sp³-hybridized carbons (Fsp3) is 0.909. The van der Waals surface area contributed by atoms with Crippen LogP contribution in [-0.4, -0.2) is 36.2 Å². The molecule has 0 amide bonds. The molecule has 0 aromatic rings. The van der Waals surface area contributed by atoms with E-state index in [1.165, 1.54) is 0 Å². The number of carboxylic acid groups (broad SMARTS) is 1. The van der Waals surface area contributed by atoms with E-state index in [2.05, 4.69) is 10.6 Å². The molecule has 1 heterocycles. The molecule has 1 rings (SSSR count). The number of hydrogen-bond acceptors (Lipinski definition) is 3. The quantitative estimate of drug-likeness (QED) is 0.648. The van der Waals surface area contributed by atoms with E-state index in [9.17, 15) is 4.79 Å². The molecule has 3 N–H and O–H groups in total. The van der Waals surface area contributed by atoms with Crippen LogP contribution < -0.4 is 10.6 Å². The Hall–Kier alpha value is -0.610. The highest BCUT2D eigenvalue weighted by molar-refractivity contribution is 5.73. The van der Waals surface area contributed by atoms with Crippen molar-refractivity contribution in [3.8, 4) is 0 Å². The standard InChI is InChI=1S/C11H22N2O2/c1-8(2)10(11(14)15)13-9-4-3-6-12-7-5-9/h8-10,12-13H,3-7H2,1-2H3,(H,14,15). The highest BCUT2D eigenvalue weighted by atomic mass is 16.4. The second-order valence-electron chi connectivity index (χ2n) is 4.60. The van der Waals surface area contributed by atoms with E-state index < -0.39 is 12.0 Å². The molecule has 1 saturated heterocycles. The molecule has 0 aromatic heterocycles. The minimum atomic E-state index is -0.734. The zero-order valence-corrected chi connectivity index (χ0v) is 9.62. The van der Waals surface area contributed by atoms with Gasteiger partial charge in [0, 0.05) is 6.04 Å². The van der Waals surface area contributed by atoms with Crippen LogP contribution >= 0.6 is 0 Å². The highest BCUT2D eigenvalue weighted by Gasteiger charge is 2.24. The SMILES string of the molecule is CC(C)C(NC1CCCNCC1)C(=O)O. The largest absolute Gasteiger partial charge is 0.480 e. The third-order valence-electron chi connectivity index (χ3n) is 2.92. The Morgan fingerprint density at radius 3 is 2.73 bits per heavy atom. The van der Waals surface area contributed by atoms with Gasteiger partial charge in [-0.2, -0.15) is 0 Å². The van der Waals surface area contributed by atoms with Crippen molar-refractivity contribution in [2.45, 2.75) is 45.2 Å². The molecular weight excluding hydrogens is 192 g/mol. The van der Waals surface area contributed by atoms with Gasteiger partial charge in [0.15, 0.2) is 0 Å². The van der Waals surface area contributed by atoms with E-state index in [-0.39, 0.29) is 5.92 Å². The smallest absolute Gasteiger partial charge is 0.320 e. The van der Waals surface area contributed by atoms with Gasteiger partial charge in [-0.15, -0.1) is 0 Å². The van der Waals surface area contributed by atoms with E-state index in [1.54, 1.807) is 0 Å². The van der Waals surface area contributed by atoms with Crippen molar-refractivity contribution in [1.29, 1.82) is 0 Å². The lowest BCUT2D eigenvalue weighted by Crippen LogP contribution is -2.46. The lowest BCUT2D eigenvalue weighted by Gasteiger charge is -2.24. The molecular formula is C11H22N2O2. The summed E-state index contributed by atoms with van der Waals surface area (Å²) in [5.41, 5.74) is 0. The third kappa shape index (κ3) is 4.18. The van der Waals surface area contributed by atoms with Crippen LogP contribution in [0.5, 0.6) is 0 Å². The number of carboxylic acids is 1. The van der Waals surface area contributed by atoms with Gasteiger partial charge in [0.1, 0.15) is 6.04 Å². The van der Waals surface area contributed by atoms with E-state index >= 15 is 0 Å². The molecule has 0 aromatic carbocycles. The van der Waals surface area contributed by atoms with Crippen molar-refractivity contribution >= 4 is 5.97 Å². The van der Waals surface area contributed by atoms with Crippen molar-refractivity contribution in [3.05, 3.63) is 0 Å². The summed E-state index contributed by atoms with van der Waals surface area (Å²) in [6.07, 6.45) is 3.22. The molecule has 1 aliphatic rings. The molecule has 0 aliphatic carbocycles. The zero-order chi connectivity index (χ0) is 11.3. The maximum absolute atomic E-state index is 11.0. The van der Waals surface area contributed by atoms with Gasteiger partial charge in [-0.25, -0.2) is 0 Å². The molecule has 4 nitrogen and oxygen atoms in total. The maximum atomic E-state index is 11.0. The minimum Gasteiger partial charge on any atom is -0.480 e. The van der Waals surface area contributed by atoms with E-state index in [1.807, 2.05) is 13.8 Å². The molecule has 0 saturated carbocycles. The number of hydrogen-bond donors (Lipinski definition) is 3. The van der Waals surface area contributed by atoms with Crippen molar-refractivity contribution in [1.82, 2.24) is 10.6 Å². The summed E-state index contributed by atoms with van der Waals surface area (Å²) in [7, 11) is 0. The van der Waals surface area contributed by atoms with Crippen LogP contribution in [0.4, 0.5) is 0 Å².